The third-order valence-corrected chi connectivity index (χ3v) is 5.12. The van der Waals surface area contributed by atoms with Crippen LogP contribution in [0.5, 0.6) is 11.5 Å². The number of amides is 1. The summed E-state index contributed by atoms with van der Waals surface area (Å²) in [6, 6.07) is 17.8. The monoisotopic (exact) mass is 487 g/mol. The molecule has 3 aromatic carbocycles. The van der Waals surface area contributed by atoms with Crippen LogP contribution >= 0.6 is 27.5 Å². The molecule has 0 bridgehead atoms. The molecule has 30 heavy (non-hydrogen) atoms. The lowest BCUT2D eigenvalue weighted by Crippen LogP contribution is -2.19. The predicted octanol–water partition coefficient (Wildman–Crippen LogP) is 5.04. The summed E-state index contributed by atoms with van der Waals surface area (Å²) in [5.74, 6) is 0.655. The Kier molecular flexibility index (Phi) is 7.32. The Balaban J connectivity index is 1.72. The molecule has 0 saturated carbocycles. The van der Waals surface area contributed by atoms with Gasteiger partial charge in [-0.1, -0.05) is 41.9 Å². The van der Waals surface area contributed by atoms with E-state index in [1.807, 2.05) is 24.3 Å². The van der Waals surface area contributed by atoms with Gasteiger partial charge < -0.3 is 15.2 Å². The van der Waals surface area contributed by atoms with E-state index in [9.17, 15) is 4.79 Å². The number of para-hydroxylation sites is 1. The van der Waals surface area contributed by atoms with Crippen LogP contribution < -0.4 is 20.6 Å². The minimum absolute atomic E-state index is 0.288. The fraction of sp³-hybridized carbons (Fsp3) is 0.0909. The molecule has 3 N–H and O–H groups in total. The first-order valence-electron chi connectivity index (χ1n) is 8.91. The quantitative estimate of drug-likeness (QED) is 0.277. The maximum atomic E-state index is 12.2. The van der Waals surface area contributed by atoms with Crippen molar-refractivity contribution in [1.82, 2.24) is 5.43 Å². The number of carbonyl (C=O) groups is 1. The number of hydrazone groups is 1. The van der Waals surface area contributed by atoms with E-state index in [4.69, 9.17) is 26.8 Å². The lowest BCUT2D eigenvalue weighted by molar-refractivity contribution is 0.0956. The van der Waals surface area contributed by atoms with Crippen LogP contribution in [0, 0.1) is 0 Å². The van der Waals surface area contributed by atoms with Gasteiger partial charge in [0.05, 0.1) is 23.4 Å². The van der Waals surface area contributed by atoms with E-state index in [1.54, 1.807) is 43.5 Å². The number of ether oxygens (including phenoxy) is 2. The molecule has 0 saturated heterocycles. The molecule has 0 unspecified atom stereocenters. The Morgan fingerprint density at radius 3 is 2.67 bits per heavy atom. The zero-order chi connectivity index (χ0) is 21.5. The highest BCUT2D eigenvalue weighted by atomic mass is 79.9. The summed E-state index contributed by atoms with van der Waals surface area (Å²) in [7, 11) is 1.55. The van der Waals surface area contributed by atoms with E-state index in [1.165, 1.54) is 6.21 Å². The van der Waals surface area contributed by atoms with E-state index in [2.05, 4.69) is 26.5 Å². The Morgan fingerprint density at radius 2 is 1.93 bits per heavy atom. The van der Waals surface area contributed by atoms with E-state index in [0.717, 1.165) is 5.56 Å². The highest BCUT2D eigenvalue weighted by Gasteiger charge is 2.13. The first kappa shape index (κ1) is 21.7. The number of benzene rings is 3. The fourth-order valence-corrected chi connectivity index (χ4v) is 3.41. The third kappa shape index (κ3) is 5.31. The van der Waals surface area contributed by atoms with Crippen LogP contribution in [0.4, 0.5) is 5.69 Å². The Morgan fingerprint density at radius 1 is 1.20 bits per heavy atom. The second kappa shape index (κ2) is 10.1. The van der Waals surface area contributed by atoms with Crippen LogP contribution in [0.2, 0.25) is 5.02 Å². The SMILES string of the molecule is COc1cc(/C=N/NC(=O)c2ccccc2N)cc(Br)c1OCc1ccccc1Cl. The average Bonchev–Trinajstić information content (AvgIpc) is 2.74. The number of halogens is 2. The van der Waals surface area contributed by atoms with E-state index in [-0.39, 0.29) is 6.61 Å². The van der Waals surface area contributed by atoms with Crippen LogP contribution in [0.15, 0.2) is 70.2 Å². The number of nitrogen functional groups attached to an aromatic ring is 1. The summed E-state index contributed by atoms with van der Waals surface area (Å²) in [5.41, 5.74) is 10.6. The molecule has 0 aliphatic heterocycles. The number of rotatable bonds is 7. The highest BCUT2D eigenvalue weighted by molar-refractivity contribution is 9.10. The minimum atomic E-state index is -0.393. The van der Waals surface area contributed by atoms with Gasteiger partial charge in [-0.05, 0) is 51.8 Å². The number of anilines is 1. The summed E-state index contributed by atoms with van der Waals surface area (Å²) in [6.07, 6.45) is 1.50. The molecule has 0 heterocycles. The zero-order valence-corrected chi connectivity index (χ0v) is 18.4. The van der Waals surface area contributed by atoms with Crippen LogP contribution in [-0.4, -0.2) is 19.2 Å². The number of nitrogens with two attached hydrogens (primary N) is 1. The average molecular weight is 489 g/mol. The van der Waals surface area contributed by atoms with Crippen molar-refractivity contribution in [2.75, 3.05) is 12.8 Å². The van der Waals surface area contributed by atoms with Gasteiger partial charge in [0, 0.05) is 16.3 Å². The second-order valence-electron chi connectivity index (χ2n) is 6.20. The maximum absolute atomic E-state index is 12.2. The maximum Gasteiger partial charge on any atom is 0.273 e. The van der Waals surface area contributed by atoms with E-state index < -0.39 is 5.91 Å². The fourth-order valence-electron chi connectivity index (χ4n) is 2.65. The van der Waals surface area contributed by atoms with Gasteiger partial charge >= 0.3 is 0 Å². The molecule has 0 aromatic heterocycles. The first-order valence-corrected chi connectivity index (χ1v) is 10.1. The minimum Gasteiger partial charge on any atom is -0.493 e. The van der Waals surface area contributed by atoms with Gasteiger partial charge in [0.25, 0.3) is 5.91 Å². The van der Waals surface area contributed by atoms with Crippen LogP contribution in [0.25, 0.3) is 0 Å². The van der Waals surface area contributed by atoms with Gasteiger partial charge in [0.15, 0.2) is 11.5 Å². The van der Waals surface area contributed by atoms with Gasteiger partial charge in [-0.15, -0.1) is 0 Å². The highest BCUT2D eigenvalue weighted by Crippen LogP contribution is 2.37. The lowest BCUT2D eigenvalue weighted by Gasteiger charge is -2.14. The number of methoxy groups -OCH3 is 1. The molecule has 0 fully saturated rings. The third-order valence-electron chi connectivity index (χ3n) is 4.17. The first-order chi connectivity index (χ1) is 14.5. The Bertz CT molecular complexity index is 1090. The molecule has 0 aliphatic carbocycles. The molecule has 1 amide bonds. The van der Waals surface area contributed by atoms with Crippen LogP contribution in [0.3, 0.4) is 0 Å². The summed E-state index contributed by atoms with van der Waals surface area (Å²) in [6.45, 7) is 0.288. The number of hydrogen-bond donors (Lipinski definition) is 2. The van der Waals surface area contributed by atoms with Crippen molar-refractivity contribution in [2.24, 2.45) is 5.10 Å². The summed E-state index contributed by atoms with van der Waals surface area (Å²) in [4.78, 5) is 12.2. The number of nitrogens with one attached hydrogen (secondary N) is 1. The molecule has 0 aliphatic rings. The largest absolute Gasteiger partial charge is 0.493 e. The predicted molar refractivity (Wildman–Crippen MR) is 122 cm³/mol. The van der Waals surface area contributed by atoms with E-state index >= 15 is 0 Å². The van der Waals surface area contributed by atoms with Crippen molar-refractivity contribution in [3.8, 4) is 11.5 Å². The number of hydrogen-bond acceptors (Lipinski definition) is 5. The summed E-state index contributed by atoms with van der Waals surface area (Å²) in [5, 5.41) is 4.63. The molecular weight excluding hydrogens is 470 g/mol. The standard InChI is InChI=1S/C22H19BrClN3O3/c1-29-20-11-14(12-26-27-22(28)16-7-3-5-9-19(16)25)10-17(23)21(20)30-13-15-6-2-4-8-18(15)24/h2-12H,13,25H2,1H3,(H,27,28)/b26-12+. The van der Waals surface area contributed by atoms with Crippen molar-refractivity contribution in [2.45, 2.75) is 6.61 Å². The van der Waals surface area contributed by atoms with Gasteiger partial charge in [-0.3, -0.25) is 4.79 Å². The van der Waals surface area contributed by atoms with Crippen molar-refractivity contribution >= 4 is 45.3 Å². The molecule has 3 aromatic rings. The molecule has 0 radical (unpaired) electrons. The van der Waals surface area contributed by atoms with Gasteiger partial charge in [-0.25, -0.2) is 5.43 Å². The zero-order valence-electron chi connectivity index (χ0n) is 16.1. The van der Waals surface area contributed by atoms with Crippen molar-refractivity contribution < 1.29 is 14.3 Å². The summed E-state index contributed by atoms with van der Waals surface area (Å²) >= 11 is 9.68. The molecule has 0 atom stereocenters. The van der Waals surface area contributed by atoms with Crippen molar-refractivity contribution in [1.29, 1.82) is 0 Å². The number of carbonyl (C=O) groups excluding carboxylic acids is 1. The van der Waals surface area contributed by atoms with Crippen LogP contribution in [-0.2, 0) is 6.61 Å². The van der Waals surface area contributed by atoms with Gasteiger partial charge in [0.2, 0.25) is 0 Å². The van der Waals surface area contributed by atoms with Crippen molar-refractivity contribution in [3.05, 3.63) is 86.8 Å². The molecule has 154 valence electrons. The molecule has 0 spiro atoms. The molecular formula is C22H19BrClN3O3. The Hall–Kier alpha value is -3.03. The van der Waals surface area contributed by atoms with Gasteiger partial charge in [0.1, 0.15) is 6.61 Å². The molecule has 8 heteroatoms. The molecule has 6 nitrogen and oxygen atoms in total. The van der Waals surface area contributed by atoms with Gasteiger partial charge in [-0.2, -0.15) is 5.10 Å². The lowest BCUT2D eigenvalue weighted by atomic mass is 10.2. The topological polar surface area (TPSA) is 85.9 Å². The molecule has 3 rings (SSSR count). The smallest absolute Gasteiger partial charge is 0.273 e. The van der Waals surface area contributed by atoms with E-state index in [0.29, 0.717) is 37.8 Å². The summed E-state index contributed by atoms with van der Waals surface area (Å²) < 4.78 is 12.0. The number of nitrogens with zero attached hydrogens (tertiary/aromatic N) is 1. The van der Waals surface area contributed by atoms with Crippen LogP contribution in [0.1, 0.15) is 21.5 Å². The van der Waals surface area contributed by atoms with Crippen molar-refractivity contribution in [3.63, 3.8) is 0 Å². The Labute approximate surface area is 187 Å². The normalized spacial score (nSPS) is 10.8. The second-order valence-corrected chi connectivity index (χ2v) is 7.46.